The number of piperidine rings is 1. The van der Waals surface area contributed by atoms with Crippen LogP contribution in [0.5, 0.6) is 0 Å². The van der Waals surface area contributed by atoms with Crippen molar-refractivity contribution in [1.29, 1.82) is 0 Å². The summed E-state index contributed by atoms with van der Waals surface area (Å²) in [5.41, 5.74) is 3.86. The second kappa shape index (κ2) is 9.86. The maximum atomic E-state index is 13.4. The first-order valence-corrected chi connectivity index (χ1v) is 12.9. The van der Waals surface area contributed by atoms with E-state index in [0.29, 0.717) is 31.1 Å². The van der Waals surface area contributed by atoms with Crippen molar-refractivity contribution in [2.75, 3.05) is 23.7 Å². The Morgan fingerprint density at radius 2 is 1.65 bits per heavy atom. The van der Waals surface area contributed by atoms with Crippen LogP contribution >= 0.6 is 0 Å². The lowest BCUT2D eigenvalue weighted by Gasteiger charge is -2.37. The van der Waals surface area contributed by atoms with E-state index in [1.165, 1.54) is 16.1 Å². The number of hydrogen-bond acceptors (Lipinski definition) is 3. The summed E-state index contributed by atoms with van der Waals surface area (Å²) < 4.78 is 26.8. The van der Waals surface area contributed by atoms with Crippen LogP contribution in [0.1, 0.15) is 42.9 Å². The summed E-state index contributed by atoms with van der Waals surface area (Å²) >= 11 is 0. The van der Waals surface area contributed by atoms with Crippen LogP contribution < -0.4 is 4.31 Å². The van der Waals surface area contributed by atoms with Gasteiger partial charge in [-0.2, -0.15) is 0 Å². The molecule has 0 spiro atoms. The number of rotatable bonds is 7. The average molecular weight is 443 g/mol. The molecule has 0 N–H and O–H groups in total. The second-order valence-corrected chi connectivity index (χ2v) is 10.6. The molecular formula is C25H34N2O3S. The van der Waals surface area contributed by atoms with Crippen LogP contribution in [0, 0.1) is 19.8 Å². The minimum Gasteiger partial charge on any atom is -0.341 e. The van der Waals surface area contributed by atoms with E-state index < -0.39 is 16.1 Å². The molecule has 0 aliphatic carbocycles. The molecule has 0 saturated carbocycles. The molecule has 1 atom stereocenters. The molecule has 1 amide bonds. The first kappa shape index (κ1) is 23.3. The van der Waals surface area contributed by atoms with Crippen LogP contribution in [0.3, 0.4) is 0 Å². The van der Waals surface area contributed by atoms with Gasteiger partial charge in [0.15, 0.2) is 0 Å². The van der Waals surface area contributed by atoms with Crippen LogP contribution in [-0.4, -0.2) is 44.6 Å². The van der Waals surface area contributed by atoms with Gasteiger partial charge < -0.3 is 4.90 Å². The van der Waals surface area contributed by atoms with Gasteiger partial charge in [0, 0.05) is 13.1 Å². The fourth-order valence-corrected chi connectivity index (χ4v) is 5.83. The van der Waals surface area contributed by atoms with Crippen molar-refractivity contribution in [2.45, 2.75) is 52.5 Å². The lowest BCUT2D eigenvalue weighted by molar-refractivity contribution is -0.133. The van der Waals surface area contributed by atoms with Crippen LogP contribution in [0.25, 0.3) is 0 Å². The molecule has 0 bridgehead atoms. The van der Waals surface area contributed by atoms with Crippen molar-refractivity contribution >= 4 is 21.6 Å². The summed E-state index contributed by atoms with van der Waals surface area (Å²) in [6, 6.07) is 15.4. The van der Waals surface area contributed by atoms with E-state index in [1.807, 2.05) is 49.9 Å². The molecule has 168 valence electrons. The van der Waals surface area contributed by atoms with Gasteiger partial charge in [0.1, 0.15) is 6.04 Å². The standard InChI is InChI=1S/C25H34N2O3S/c1-5-24(27(31(4,29)30)23-16-19(2)15-20(3)17-23)25(28)26-13-11-22(12-14-26)18-21-9-7-6-8-10-21/h6-10,15-17,22,24H,5,11-14,18H2,1-4H3. The molecule has 1 aliphatic rings. The Hall–Kier alpha value is -2.34. The monoisotopic (exact) mass is 442 g/mol. The summed E-state index contributed by atoms with van der Waals surface area (Å²) in [6.07, 6.45) is 4.53. The van der Waals surface area contributed by atoms with Crippen molar-refractivity contribution in [3.8, 4) is 0 Å². The number of carbonyl (C=O) groups is 1. The number of anilines is 1. The number of amides is 1. The zero-order chi connectivity index (χ0) is 22.6. The molecule has 1 heterocycles. The highest BCUT2D eigenvalue weighted by molar-refractivity contribution is 7.92. The van der Waals surface area contributed by atoms with E-state index >= 15 is 0 Å². The van der Waals surface area contributed by atoms with Gasteiger partial charge in [-0.25, -0.2) is 8.42 Å². The van der Waals surface area contributed by atoms with Gasteiger partial charge in [-0.15, -0.1) is 0 Å². The fraction of sp³-hybridized carbons (Fsp3) is 0.480. The van der Waals surface area contributed by atoms with E-state index in [-0.39, 0.29) is 5.91 Å². The molecule has 5 nitrogen and oxygen atoms in total. The average Bonchev–Trinajstić information content (AvgIpc) is 2.71. The van der Waals surface area contributed by atoms with Gasteiger partial charge >= 0.3 is 0 Å². The number of hydrogen-bond donors (Lipinski definition) is 0. The van der Waals surface area contributed by atoms with Crippen LogP contribution in [0.2, 0.25) is 0 Å². The van der Waals surface area contributed by atoms with Crippen molar-refractivity contribution in [2.24, 2.45) is 5.92 Å². The quantitative estimate of drug-likeness (QED) is 0.641. The largest absolute Gasteiger partial charge is 0.341 e. The van der Waals surface area contributed by atoms with Gasteiger partial charge in [0.2, 0.25) is 15.9 Å². The highest BCUT2D eigenvalue weighted by Gasteiger charge is 2.35. The summed E-state index contributed by atoms with van der Waals surface area (Å²) in [4.78, 5) is 15.3. The Bertz CT molecular complexity index is 976. The summed E-state index contributed by atoms with van der Waals surface area (Å²) in [5, 5.41) is 0. The van der Waals surface area contributed by atoms with Crippen LogP contribution in [0.4, 0.5) is 5.69 Å². The van der Waals surface area contributed by atoms with Crippen LogP contribution in [0.15, 0.2) is 48.5 Å². The number of carbonyl (C=O) groups excluding carboxylic acids is 1. The Balaban J connectivity index is 1.75. The lowest BCUT2D eigenvalue weighted by Crippen LogP contribution is -2.52. The number of aryl methyl sites for hydroxylation is 2. The maximum absolute atomic E-state index is 13.4. The summed E-state index contributed by atoms with van der Waals surface area (Å²) in [5.74, 6) is 0.460. The van der Waals surface area contributed by atoms with Gasteiger partial charge in [-0.3, -0.25) is 9.10 Å². The first-order chi connectivity index (χ1) is 14.7. The van der Waals surface area contributed by atoms with E-state index in [1.54, 1.807) is 0 Å². The number of sulfonamides is 1. The number of benzene rings is 2. The molecule has 1 unspecified atom stereocenters. The lowest BCUT2D eigenvalue weighted by atomic mass is 9.90. The molecular weight excluding hydrogens is 408 g/mol. The number of nitrogens with zero attached hydrogens (tertiary/aromatic N) is 2. The van der Waals surface area contributed by atoms with Crippen molar-refractivity contribution in [1.82, 2.24) is 4.90 Å². The Morgan fingerprint density at radius 3 is 2.16 bits per heavy atom. The third-order valence-corrected chi connectivity index (χ3v) is 7.25. The maximum Gasteiger partial charge on any atom is 0.246 e. The van der Waals surface area contributed by atoms with Gasteiger partial charge in [0.05, 0.1) is 11.9 Å². The van der Waals surface area contributed by atoms with Crippen molar-refractivity contribution in [3.05, 3.63) is 65.2 Å². The molecule has 31 heavy (non-hydrogen) atoms. The summed E-state index contributed by atoms with van der Waals surface area (Å²) in [6.45, 7) is 7.12. The highest BCUT2D eigenvalue weighted by atomic mass is 32.2. The molecule has 3 rings (SSSR count). The topological polar surface area (TPSA) is 57.7 Å². The van der Waals surface area contributed by atoms with Crippen LogP contribution in [-0.2, 0) is 21.2 Å². The third-order valence-electron chi connectivity index (χ3n) is 6.07. The predicted octanol–water partition coefficient (Wildman–Crippen LogP) is 4.33. The zero-order valence-corrected chi connectivity index (χ0v) is 19.9. The fourth-order valence-electron chi connectivity index (χ4n) is 4.64. The molecule has 0 radical (unpaired) electrons. The second-order valence-electron chi connectivity index (χ2n) is 8.79. The van der Waals surface area contributed by atoms with E-state index in [2.05, 4.69) is 24.3 Å². The first-order valence-electron chi connectivity index (χ1n) is 11.1. The Kier molecular flexibility index (Phi) is 7.42. The van der Waals surface area contributed by atoms with Gasteiger partial charge in [-0.05, 0) is 74.3 Å². The van der Waals surface area contributed by atoms with Gasteiger partial charge in [-0.1, -0.05) is 43.3 Å². The predicted molar refractivity (Wildman–Crippen MR) is 127 cm³/mol. The van der Waals surface area contributed by atoms with E-state index in [9.17, 15) is 13.2 Å². The molecule has 1 saturated heterocycles. The SMILES string of the molecule is CCC(C(=O)N1CCC(Cc2ccccc2)CC1)N(c1cc(C)cc(C)c1)S(C)(=O)=O. The van der Waals surface area contributed by atoms with E-state index in [0.717, 1.165) is 30.4 Å². The van der Waals surface area contributed by atoms with Crippen molar-refractivity contribution < 1.29 is 13.2 Å². The normalized spacial score (nSPS) is 16.2. The Morgan fingerprint density at radius 1 is 1.06 bits per heavy atom. The molecule has 6 heteroatoms. The zero-order valence-electron chi connectivity index (χ0n) is 19.0. The molecule has 0 aromatic heterocycles. The molecule has 2 aromatic rings. The molecule has 1 fully saturated rings. The third kappa shape index (κ3) is 5.88. The minimum atomic E-state index is -3.61. The molecule has 2 aromatic carbocycles. The van der Waals surface area contributed by atoms with Crippen molar-refractivity contribution in [3.63, 3.8) is 0 Å². The van der Waals surface area contributed by atoms with E-state index in [4.69, 9.17) is 0 Å². The van der Waals surface area contributed by atoms with Gasteiger partial charge in [0.25, 0.3) is 0 Å². The highest BCUT2D eigenvalue weighted by Crippen LogP contribution is 2.28. The summed E-state index contributed by atoms with van der Waals surface area (Å²) in [7, 11) is -3.61. The number of likely N-dealkylation sites (tertiary alicyclic amines) is 1. The minimum absolute atomic E-state index is 0.0924. The smallest absolute Gasteiger partial charge is 0.246 e. The Labute approximate surface area is 187 Å². The molecule has 1 aliphatic heterocycles.